The SMILES string of the molecule is COC(=O)C(C)(C)C(Nc1ccccc1)C1CCCCC1. The van der Waals surface area contributed by atoms with Gasteiger partial charge in [0.1, 0.15) is 0 Å². The Kier molecular flexibility index (Phi) is 5.27. The summed E-state index contributed by atoms with van der Waals surface area (Å²) in [5.74, 6) is 0.384. The molecule has 1 aromatic carbocycles. The van der Waals surface area contributed by atoms with E-state index in [1.165, 1.54) is 39.2 Å². The van der Waals surface area contributed by atoms with Crippen molar-refractivity contribution in [2.75, 3.05) is 12.4 Å². The first-order chi connectivity index (χ1) is 10.1. The van der Waals surface area contributed by atoms with Gasteiger partial charge in [-0.2, -0.15) is 0 Å². The Bertz CT molecular complexity index is 450. The van der Waals surface area contributed by atoms with E-state index < -0.39 is 5.41 Å². The van der Waals surface area contributed by atoms with Gasteiger partial charge in [-0.25, -0.2) is 0 Å². The standard InChI is InChI=1S/C18H27NO2/c1-18(2,17(20)21-3)16(14-10-6-4-7-11-14)19-15-12-8-5-9-13-15/h5,8-9,12-14,16,19H,4,6-7,10-11H2,1-3H3. The molecule has 1 atom stereocenters. The van der Waals surface area contributed by atoms with Crippen molar-refractivity contribution in [3.63, 3.8) is 0 Å². The fourth-order valence-electron chi connectivity index (χ4n) is 3.46. The predicted molar refractivity (Wildman–Crippen MR) is 86.2 cm³/mol. The Morgan fingerprint density at radius 2 is 1.81 bits per heavy atom. The van der Waals surface area contributed by atoms with Crippen molar-refractivity contribution < 1.29 is 9.53 Å². The molecule has 0 aliphatic heterocycles. The molecule has 1 N–H and O–H groups in total. The highest BCUT2D eigenvalue weighted by atomic mass is 16.5. The second-order valence-electron chi connectivity index (χ2n) is 6.60. The summed E-state index contributed by atoms with van der Waals surface area (Å²) >= 11 is 0. The van der Waals surface area contributed by atoms with E-state index in [1.54, 1.807) is 0 Å². The Balaban J connectivity index is 2.23. The summed E-state index contributed by atoms with van der Waals surface area (Å²) in [5.41, 5.74) is 0.539. The summed E-state index contributed by atoms with van der Waals surface area (Å²) in [6.07, 6.45) is 6.20. The summed E-state index contributed by atoms with van der Waals surface area (Å²) in [5, 5.41) is 3.60. The first kappa shape index (κ1) is 15.9. The summed E-state index contributed by atoms with van der Waals surface area (Å²) in [4.78, 5) is 12.2. The van der Waals surface area contributed by atoms with E-state index in [0.29, 0.717) is 5.92 Å². The molecule has 116 valence electrons. The number of rotatable bonds is 5. The van der Waals surface area contributed by atoms with Crippen molar-refractivity contribution in [1.82, 2.24) is 0 Å². The summed E-state index contributed by atoms with van der Waals surface area (Å²) in [6, 6.07) is 10.3. The summed E-state index contributed by atoms with van der Waals surface area (Å²) < 4.78 is 5.05. The summed E-state index contributed by atoms with van der Waals surface area (Å²) in [6.45, 7) is 3.99. The first-order valence-electron chi connectivity index (χ1n) is 7.95. The van der Waals surface area contributed by atoms with Crippen molar-refractivity contribution in [3.8, 4) is 0 Å². The van der Waals surface area contributed by atoms with Crippen LogP contribution in [0.3, 0.4) is 0 Å². The molecule has 0 saturated heterocycles. The van der Waals surface area contributed by atoms with Crippen LogP contribution < -0.4 is 5.32 Å². The quantitative estimate of drug-likeness (QED) is 0.824. The minimum atomic E-state index is -0.535. The maximum atomic E-state index is 12.2. The zero-order valence-corrected chi connectivity index (χ0v) is 13.4. The monoisotopic (exact) mass is 289 g/mol. The maximum absolute atomic E-state index is 12.2. The lowest BCUT2D eigenvalue weighted by atomic mass is 9.72. The number of para-hydroxylation sites is 1. The fraction of sp³-hybridized carbons (Fsp3) is 0.611. The van der Waals surface area contributed by atoms with Crippen LogP contribution >= 0.6 is 0 Å². The highest BCUT2D eigenvalue weighted by molar-refractivity contribution is 5.77. The fourth-order valence-corrected chi connectivity index (χ4v) is 3.46. The van der Waals surface area contributed by atoms with E-state index >= 15 is 0 Å². The topological polar surface area (TPSA) is 38.3 Å². The molecule has 1 saturated carbocycles. The average Bonchev–Trinajstić information content (AvgIpc) is 2.53. The average molecular weight is 289 g/mol. The second-order valence-corrected chi connectivity index (χ2v) is 6.60. The maximum Gasteiger partial charge on any atom is 0.313 e. The Morgan fingerprint density at radius 1 is 1.19 bits per heavy atom. The predicted octanol–water partition coefficient (Wildman–Crippen LogP) is 4.25. The van der Waals surface area contributed by atoms with Gasteiger partial charge in [-0.1, -0.05) is 37.5 Å². The lowest BCUT2D eigenvalue weighted by Crippen LogP contribution is -2.48. The number of hydrogen-bond acceptors (Lipinski definition) is 3. The number of esters is 1. The van der Waals surface area contributed by atoms with Crippen LogP contribution in [0.2, 0.25) is 0 Å². The van der Waals surface area contributed by atoms with E-state index in [2.05, 4.69) is 17.4 Å². The Labute approximate surface area is 128 Å². The zero-order chi connectivity index (χ0) is 15.3. The van der Waals surface area contributed by atoms with Gasteiger partial charge in [-0.3, -0.25) is 4.79 Å². The van der Waals surface area contributed by atoms with Crippen LogP contribution in [-0.4, -0.2) is 19.1 Å². The van der Waals surface area contributed by atoms with Gasteiger partial charge in [0.05, 0.1) is 12.5 Å². The van der Waals surface area contributed by atoms with Crippen molar-refractivity contribution in [2.24, 2.45) is 11.3 Å². The van der Waals surface area contributed by atoms with Gasteiger partial charge in [0.25, 0.3) is 0 Å². The van der Waals surface area contributed by atoms with Crippen LogP contribution in [0.1, 0.15) is 46.0 Å². The molecule has 2 rings (SSSR count). The molecule has 0 bridgehead atoms. The smallest absolute Gasteiger partial charge is 0.313 e. The Hall–Kier alpha value is -1.51. The lowest BCUT2D eigenvalue weighted by Gasteiger charge is -2.40. The third kappa shape index (κ3) is 3.78. The third-order valence-corrected chi connectivity index (χ3v) is 4.71. The van der Waals surface area contributed by atoms with E-state index in [1.807, 2.05) is 32.0 Å². The molecule has 3 nitrogen and oxygen atoms in total. The van der Waals surface area contributed by atoms with E-state index in [-0.39, 0.29) is 12.0 Å². The molecule has 1 aliphatic rings. The minimum absolute atomic E-state index is 0.104. The van der Waals surface area contributed by atoms with Crippen LogP contribution in [-0.2, 0) is 9.53 Å². The van der Waals surface area contributed by atoms with E-state index in [0.717, 1.165) is 5.69 Å². The number of ether oxygens (including phenoxy) is 1. The van der Waals surface area contributed by atoms with Crippen LogP contribution in [0.15, 0.2) is 30.3 Å². The number of anilines is 1. The van der Waals surface area contributed by atoms with Gasteiger partial charge >= 0.3 is 5.97 Å². The number of carbonyl (C=O) groups is 1. The van der Waals surface area contributed by atoms with Crippen molar-refractivity contribution in [3.05, 3.63) is 30.3 Å². The number of carbonyl (C=O) groups excluding carboxylic acids is 1. The second kappa shape index (κ2) is 6.97. The molecule has 1 fully saturated rings. The van der Waals surface area contributed by atoms with Crippen molar-refractivity contribution >= 4 is 11.7 Å². The molecule has 1 unspecified atom stereocenters. The molecule has 1 aliphatic carbocycles. The Morgan fingerprint density at radius 3 is 2.38 bits per heavy atom. The van der Waals surface area contributed by atoms with Gasteiger partial charge in [-0.05, 0) is 44.7 Å². The van der Waals surface area contributed by atoms with E-state index in [4.69, 9.17) is 4.74 Å². The van der Waals surface area contributed by atoms with Crippen molar-refractivity contribution in [2.45, 2.75) is 52.0 Å². The largest absolute Gasteiger partial charge is 0.469 e. The van der Waals surface area contributed by atoms with Crippen LogP contribution in [0.5, 0.6) is 0 Å². The highest BCUT2D eigenvalue weighted by Crippen LogP contribution is 2.37. The molecule has 1 aromatic rings. The molecule has 0 amide bonds. The zero-order valence-electron chi connectivity index (χ0n) is 13.4. The van der Waals surface area contributed by atoms with E-state index in [9.17, 15) is 4.79 Å². The molecule has 0 aromatic heterocycles. The molecule has 0 heterocycles. The molecular formula is C18H27NO2. The lowest BCUT2D eigenvalue weighted by molar-refractivity contribution is -0.152. The first-order valence-corrected chi connectivity index (χ1v) is 7.95. The number of benzene rings is 1. The van der Waals surface area contributed by atoms with Crippen LogP contribution in [0.25, 0.3) is 0 Å². The molecular weight excluding hydrogens is 262 g/mol. The highest BCUT2D eigenvalue weighted by Gasteiger charge is 2.42. The number of methoxy groups -OCH3 is 1. The van der Waals surface area contributed by atoms with Gasteiger partial charge in [0.15, 0.2) is 0 Å². The molecule has 3 heteroatoms. The van der Waals surface area contributed by atoms with Gasteiger partial charge < -0.3 is 10.1 Å². The number of hydrogen-bond donors (Lipinski definition) is 1. The molecule has 0 radical (unpaired) electrons. The number of nitrogens with one attached hydrogen (secondary N) is 1. The van der Waals surface area contributed by atoms with Crippen LogP contribution in [0.4, 0.5) is 5.69 Å². The summed E-state index contributed by atoms with van der Waals surface area (Å²) in [7, 11) is 1.48. The van der Waals surface area contributed by atoms with Gasteiger partial charge in [-0.15, -0.1) is 0 Å². The normalized spacial score (nSPS) is 18.0. The van der Waals surface area contributed by atoms with Gasteiger partial charge in [0, 0.05) is 11.7 Å². The minimum Gasteiger partial charge on any atom is -0.469 e. The molecule has 21 heavy (non-hydrogen) atoms. The molecule has 0 spiro atoms. The van der Waals surface area contributed by atoms with Crippen molar-refractivity contribution in [1.29, 1.82) is 0 Å². The third-order valence-electron chi connectivity index (χ3n) is 4.71. The van der Waals surface area contributed by atoms with Gasteiger partial charge in [0.2, 0.25) is 0 Å². The van der Waals surface area contributed by atoms with Crippen LogP contribution in [0, 0.1) is 11.3 Å².